The summed E-state index contributed by atoms with van der Waals surface area (Å²) in [5.41, 5.74) is 0.667. The molecule has 9 heteroatoms. The van der Waals surface area contributed by atoms with Crippen molar-refractivity contribution >= 4 is 11.9 Å². The third kappa shape index (κ3) is 5.78. The molecule has 4 aliphatic rings. The monoisotopic (exact) mass is 511 g/mol. The average molecular weight is 512 g/mol. The van der Waals surface area contributed by atoms with Crippen LogP contribution >= 0.6 is 0 Å². The Balaban J connectivity index is 1.18. The number of hydrogen-bond acceptors (Lipinski definition) is 7. The van der Waals surface area contributed by atoms with Crippen molar-refractivity contribution in [3.8, 4) is 11.3 Å². The molecule has 2 aromatic rings. The number of benzene rings is 1. The third-order valence-corrected chi connectivity index (χ3v) is 8.28. The van der Waals surface area contributed by atoms with E-state index in [2.05, 4.69) is 22.1 Å². The van der Waals surface area contributed by atoms with E-state index in [0.717, 1.165) is 49.3 Å². The first-order valence-corrected chi connectivity index (χ1v) is 13.4. The number of fused-ring (bicyclic) bond motifs is 3. The molecule has 0 spiro atoms. The van der Waals surface area contributed by atoms with Crippen molar-refractivity contribution in [1.82, 2.24) is 20.2 Å². The van der Waals surface area contributed by atoms with Gasteiger partial charge in [-0.05, 0) is 50.4 Å². The van der Waals surface area contributed by atoms with E-state index in [-0.39, 0.29) is 18.4 Å². The highest BCUT2D eigenvalue weighted by atomic mass is 19.1. The van der Waals surface area contributed by atoms with Crippen LogP contribution in [0.2, 0.25) is 0 Å². The van der Waals surface area contributed by atoms with Crippen molar-refractivity contribution in [1.29, 1.82) is 0 Å². The molecule has 2 bridgehead atoms. The summed E-state index contributed by atoms with van der Waals surface area (Å²) >= 11 is 0. The van der Waals surface area contributed by atoms with Crippen molar-refractivity contribution < 1.29 is 18.7 Å². The Hall–Kier alpha value is -2.62. The van der Waals surface area contributed by atoms with E-state index in [1.165, 1.54) is 0 Å². The number of piperidine rings is 4. The van der Waals surface area contributed by atoms with Gasteiger partial charge in [0.25, 0.3) is 5.91 Å². The predicted molar refractivity (Wildman–Crippen MR) is 140 cm³/mol. The second-order valence-corrected chi connectivity index (χ2v) is 10.9. The summed E-state index contributed by atoms with van der Waals surface area (Å²) in [6.45, 7) is 7.52. The zero-order chi connectivity index (χ0) is 25.9. The van der Waals surface area contributed by atoms with Crippen molar-refractivity contribution in [2.24, 2.45) is 5.92 Å². The number of methoxy groups -OCH3 is 1. The number of ether oxygens (including phenoxy) is 2. The molecule has 4 saturated heterocycles. The molecule has 5 heterocycles. The maximum atomic E-state index is 15.8. The number of nitrogens with zero attached hydrogens (tertiary/aromatic N) is 4. The summed E-state index contributed by atoms with van der Waals surface area (Å²) in [5.74, 6) is 0.541. The van der Waals surface area contributed by atoms with Crippen LogP contribution in [0, 0.1) is 5.92 Å². The molecule has 1 atom stereocenters. The van der Waals surface area contributed by atoms with Crippen LogP contribution in [0.4, 0.5) is 10.3 Å². The van der Waals surface area contributed by atoms with Gasteiger partial charge < -0.3 is 24.6 Å². The molecule has 4 fully saturated rings. The van der Waals surface area contributed by atoms with Gasteiger partial charge in [-0.25, -0.2) is 14.4 Å². The van der Waals surface area contributed by atoms with Gasteiger partial charge in [-0.3, -0.25) is 4.79 Å². The van der Waals surface area contributed by atoms with Gasteiger partial charge >= 0.3 is 0 Å². The van der Waals surface area contributed by atoms with E-state index in [0.29, 0.717) is 44.8 Å². The van der Waals surface area contributed by atoms with E-state index in [9.17, 15) is 4.79 Å². The SMILES string of the molecule is COCCOCc1ccc(-c2ccnc(N3CCC(F)(C(=O)N[C@]4(C)CN5CCC4CC5)CC3)n2)cc1. The van der Waals surface area contributed by atoms with E-state index in [1.807, 2.05) is 35.2 Å². The minimum absolute atomic E-state index is 0.134. The highest BCUT2D eigenvalue weighted by Gasteiger charge is 2.49. The van der Waals surface area contributed by atoms with Crippen LogP contribution in [0.3, 0.4) is 0 Å². The van der Waals surface area contributed by atoms with Crippen LogP contribution in [-0.2, 0) is 20.9 Å². The summed E-state index contributed by atoms with van der Waals surface area (Å²) in [6.07, 6.45) is 4.14. The lowest BCUT2D eigenvalue weighted by atomic mass is 9.73. The fourth-order valence-electron chi connectivity index (χ4n) is 5.89. The highest BCUT2D eigenvalue weighted by molar-refractivity contribution is 5.86. The summed E-state index contributed by atoms with van der Waals surface area (Å²) in [7, 11) is 1.66. The van der Waals surface area contributed by atoms with Crippen LogP contribution < -0.4 is 10.2 Å². The first kappa shape index (κ1) is 26.0. The van der Waals surface area contributed by atoms with Crippen LogP contribution in [0.15, 0.2) is 36.5 Å². The summed E-state index contributed by atoms with van der Waals surface area (Å²) in [6, 6.07) is 9.96. The molecule has 37 heavy (non-hydrogen) atoms. The first-order valence-electron chi connectivity index (χ1n) is 13.4. The van der Waals surface area contributed by atoms with Crippen molar-refractivity contribution in [2.45, 2.75) is 50.4 Å². The Morgan fingerprint density at radius 1 is 1.11 bits per heavy atom. The molecule has 6 rings (SSSR count). The fourth-order valence-corrected chi connectivity index (χ4v) is 5.89. The third-order valence-electron chi connectivity index (χ3n) is 8.28. The topological polar surface area (TPSA) is 79.8 Å². The maximum absolute atomic E-state index is 15.8. The molecule has 1 aromatic heterocycles. The maximum Gasteiger partial charge on any atom is 0.258 e. The van der Waals surface area contributed by atoms with Crippen molar-refractivity contribution in [2.75, 3.05) is 57.9 Å². The number of halogens is 1. The van der Waals surface area contributed by atoms with Crippen LogP contribution in [0.25, 0.3) is 11.3 Å². The van der Waals surface area contributed by atoms with Gasteiger partial charge in [0.2, 0.25) is 5.95 Å². The largest absolute Gasteiger partial charge is 0.382 e. The number of hydrogen-bond donors (Lipinski definition) is 1. The normalized spacial score (nSPS) is 26.7. The Morgan fingerprint density at radius 3 is 2.49 bits per heavy atom. The second-order valence-electron chi connectivity index (χ2n) is 10.9. The Labute approximate surface area is 218 Å². The lowest BCUT2D eigenvalue weighted by Gasteiger charge is -2.52. The number of alkyl halides is 1. The number of rotatable bonds is 9. The molecule has 0 aliphatic carbocycles. The molecule has 4 aliphatic heterocycles. The molecule has 0 unspecified atom stereocenters. The highest BCUT2D eigenvalue weighted by Crippen LogP contribution is 2.37. The predicted octanol–water partition coefficient (Wildman–Crippen LogP) is 3.22. The number of nitrogens with one attached hydrogen (secondary N) is 1. The summed E-state index contributed by atoms with van der Waals surface area (Å²) < 4.78 is 26.4. The standard InChI is InChI=1S/C28H38FN5O3/c1-27(20-33-13-8-23(27)9-14-33)32-25(35)28(29)10-15-34(16-11-28)26-30-12-7-24(31-26)22-5-3-21(4-6-22)19-37-18-17-36-2/h3-7,12,23H,8-11,13-20H2,1-2H3,(H,32,35)/t27-/m1/s1. The van der Waals surface area contributed by atoms with Crippen molar-refractivity contribution in [3.63, 3.8) is 0 Å². The lowest BCUT2D eigenvalue weighted by molar-refractivity contribution is -0.139. The molecule has 1 aromatic carbocycles. The lowest BCUT2D eigenvalue weighted by Crippen LogP contribution is -2.68. The fraction of sp³-hybridized carbons (Fsp3) is 0.607. The summed E-state index contributed by atoms with van der Waals surface area (Å²) in [4.78, 5) is 26.6. The van der Waals surface area contributed by atoms with Gasteiger partial charge in [0.15, 0.2) is 5.67 Å². The van der Waals surface area contributed by atoms with Gasteiger partial charge in [0.1, 0.15) is 0 Å². The van der Waals surface area contributed by atoms with Gasteiger partial charge in [-0.2, -0.15) is 0 Å². The van der Waals surface area contributed by atoms with Gasteiger partial charge in [0.05, 0.1) is 31.1 Å². The van der Waals surface area contributed by atoms with E-state index in [1.54, 1.807) is 13.3 Å². The molecule has 0 saturated carbocycles. The number of aromatic nitrogens is 2. The van der Waals surface area contributed by atoms with Crippen LogP contribution in [0.5, 0.6) is 0 Å². The zero-order valence-electron chi connectivity index (χ0n) is 21.9. The van der Waals surface area contributed by atoms with E-state index >= 15 is 4.39 Å². The number of amides is 1. The smallest absolute Gasteiger partial charge is 0.258 e. The van der Waals surface area contributed by atoms with Crippen molar-refractivity contribution in [3.05, 3.63) is 42.1 Å². The molecule has 1 amide bonds. The minimum Gasteiger partial charge on any atom is -0.382 e. The van der Waals surface area contributed by atoms with Gasteiger partial charge in [-0.15, -0.1) is 0 Å². The molecule has 200 valence electrons. The molecule has 1 N–H and O–H groups in total. The van der Waals surface area contributed by atoms with Gasteiger partial charge in [-0.1, -0.05) is 24.3 Å². The summed E-state index contributed by atoms with van der Waals surface area (Å²) in [5, 5.41) is 3.13. The zero-order valence-corrected chi connectivity index (χ0v) is 21.9. The number of carbonyl (C=O) groups is 1. The molecule has 8 nitrogen and oxygen atoms in total. The quantitative estimate of drug-likeness (QED) is 0.518. The Bertz CT molecular complexity index is 1070. The first-order chi connectivity index (χ1) is 17.9. The average Bonchev–Trinajstić information content (AvgIpc) is 2.92. The second kappa shape index (κ2) is 11.0. The van der Waals surface area contributed by atoms with E-state index < -0.39 is 11.6 Å². The Morgan fingerprint density at radius 2 is 1.84 bits per heavy atom. The van der Waals surface area contributed by atoms with Gasteiger partial charge in [0, 0.05) is 51.3 Å². The molecular weight excluding hydrogens is 473 g/mol. The number of anilines is 1. The van der Waals surface area contributed by atoms with Crippen LogP contribution in [-0.4, -0.2) is 85.0 Å². The minimum atomic E-state index is -1.86. The molecular formula is C28H38FN5O3. The van der Waals surface area contributed by atoms with E-state index in [4.69, 9.17) is 14.5 Å². The Kier molecular flexibility index (Phi) is 7.74. The molecule has 0 radical (unpaired) electrons. The number of carbonyl (C=O) groups excluding carboxylic acids is 1. The van der Waals surface area contributed by atoms with Crippen LogP contribution in [0.1, 0.15) is 38.2 Å².